The summed E-state index contributed by atoms with van der Waals surface area (Å²) in [6.07, 6.45) is 0. The smallest absolute Gasteiger partial charge is 0.136 e. The Morgan fingerprint density at radius 1 is 0.146 bits per heavy atom. The molecule has 0 saturated heterocycles. The molecule has 0 aliphatic heterocycles. The lowest BCUT2D eigenvalue weighted by atomic mass is 9.83. The Labute approximate surface area is 744 Å². The number of fused-ring (bicyclic) bond motifs is 20. The fourth-order valence-corrected chi connectivity index (χ4v) is 18.8. The first-order valence-electron chi connectivity index (χ1n) is 52.6. The topological polar surface area (TPSA) is 13.1 Å². The second-order valence-corrected chi connectivity index (χ2v) is 30.8. The summed E-state index contributed by atoms with van der Waals surface area (Å²) < 4.78 is 222. The zero-order chi connectivity index (χ0) is 102. The minimum Gasteiger partial charge on any atom is -0.456 e. The van der Waals surface area contributed by atoms with Crippen molar-refractivity contribution < 1.29 is 37.3 Å². The Bertz CT molecular complexity index is 9990. The van der Waals surface area contributed by atoms with E-state index in [0.717, 1.165) is 119 Å². The number of benzene rings is 25. The van der Waals surface area contributed by atoms with Gasteiger partial charge < -0.3 is 4.42 Å². The van der Waals surface area contributed by atoms with E-state index in [0.29, 0.717) is 66.8 Å². The summed E-state index contributed by atoms with van der Waals surface area (Å²) in [5.74, 6) is 0. The molecule has 0 atom stereocenters. The molecule has 0 N–H and O–H groups in total. The zero-order valence-corrected chi connectivity index (χ0v) is 65.4. The van der Waals surface area contributed by atoms with Gasteiger partial charge >= 0.3 is 0 Å². The van der Waals surface area contributed by atoms with Gasteiger partial charge in [0.15, 0.2) is 0 Å². The Kier molecular flexibility index (Phi) is 12.1. The van der Waals surface area contributed by atoms with Crippen molar-refractivity contribution in [2.75, 3.05) is 0 Å². The van der Waals surface area contributed by atoms with Crippen LogP contribution in [0.3, 0.4) is 0 Å². The second kappa shape index (κ2) is 29.5. The first-order chi connectivity index (χ1) is 71.0. The van der Waals surface area contributed by atoms with Crippen LogP contribution in [0.1, 0.15) is 32.9 Å². The monoisotopic (exact) mass is 1580 g/mol. The summed E-state index contributed by atoms with van der Waals surface area (Å²) in [5, 5.41) is 19.9. The maximum absolute atomic E-state index is 9.38. The van der Waals surface area contributed by atoms with Crippen LogP contribution in [-0.4, -0.2) is 0 Å². The van der Waals surface area contributed by atoms with E-state index in [4.69, 9.17) is 26.3 Å². The van der Waals surface area contributed by atoms with Gasteiger partial charge in [-0.05, 0) is 265 Å². The molecule has 0 unspecified atom stereocenters. The molecule has 26 rings (SSSR count). The maximum Gasteiger partial charge on any atom is 0.136 e. The minimum atomic E-state index is -0.428. The van der Waals surface area contributed by atoms with E-state index in [2.05, 4.69) is 36.4 Å². The molecule has 0 aliphatic carbocycles. The van der Waals surface area contributed by atoms with Crippen molar-refractivity contribution in [1.82, 2.24) is 0 Å². The zero-order valence-electron chi connectivity index (χ0n) is 89.4. The highest BCUT2D eigenvalue weighted by atomic mass is 16.3. The molecular formula is C122H76O. The van der Waals surface area contributed by atoms with E-state index in [-0.39, 0.29) is 137 Å². The van der Waals surface area contributed by atoms with E-state index in [1.54, 1.807) is 0 Å². The average Bonchev–Trinajstić information content (AvgIpc) is 1.40. The van der Waals surface area contributed by atoms with Crippen LogP contribution in [0.25, 0.3) is 251 Å². The summed E-state index contributed by atoms with van der Waals surface area (Å²) in [6, 6.07) is 93.4. The van der Waals surface area contributed by atoms with Crippen molar-refractivity contribution in [1.29, 1.82) is 0 Å². The highest BCUT2D eigenvalue weighted by molar-refractivity contribution is 6.31. The predicted octanol–water partition coefficient (Wildman–Crippen LogP) is 34.8. The van der Waals surface area contributed by atoms with Gasteiger partial charge in [0, 0.05) is 10.8 Å². The molecule has 0 aliphatic rings. The lowest BCUT2D eigenvalue weighted by Gasteiger charge is -2.19. The highest BCUT2D eigenvalue weighted by Gasteiger charge is 2.24. The van der Waals surface area contributed by atoms with Gasteiger partial charge in [-0.3, -0.25) is 0 Å². The molecule has 123 heavy (non-hydrogen) atoms. The van der Waals surface area contributed by atoms with Crippen LogP contribution in [0.15, 0.2) is 465 Å². The SMILES string of the molecule is [2H]c1c([2H])c([2H])c2c(-c3cc4ccccc4c4ccccc34)c3c([2H])c([2H])c([2H])c([2H])c3c(-c3ccc4ccccc4c3)c2c1[2H].[2H]c1c([2H])c([2H])c2c(-c3ccc4ccccc4c3)c3c([2H])c([2H])c([2H])c([2H])c3c(-c3ccc4ccccc4c3)c2c1[2H].[2H]c1c([2H])c([2H])c2c(-c3cccc4ccccc34)c3c([2H])c([2H])c([2H])c([2H])c3c(-c3ccc(-c4cc5oc6ccc7ccccc7c6c5c5ccccc45)cc3)c2c1[2H]. The third kappa shape index (κ3) is 11.9. The molecule has 570 valence electrons. The number of furan rings is 1. The van der Waals surface area contributed by atoms with Crippen molar-refractivity contribution in [3.05, 3.63) is 460 Å². The predicted molar refractivity (Wildman–Crippen MR) is 530 cm³/mol. The van der Waals surface area contributed by atoms with Crippen LogP contribution < -0.4 is 0 Å². The molecule has 26 aromatic rings. The van der Waals surface area contributed by atoms with Gasteiger partial charge in [0.25, 0.3) is 0 Å². The molecule has 1 heterocycles. The van der Waals surface area contributed by atoms with Crippen LogP contribution in [-0.2, 0) is 0 Å². The largest absolute Gasteiger partial charge is 0.456 e. The number of hydrogen-bond donors (Lipinski definition) is 0. The lowest BCUT2D eigenvalue weighted by molar-refractivity contribution is 0.669. The lowest BCUT2D eigenvalue weighted by Crippen LogP contribution is -1.92. The van der Waals surface area contributed by atoms with Crippen LogP contribution in [0.4, 0.5) is 0 Å². The normalized spacial score (nSPS) is 14.5. The molecule has 1 heteroatoms. The maximum atomic E-state index is 9.38. The molecule has 1 aromatic heterocycles. The van der Waals surface area contributed by atoms with Gasteiger partial charge in [0.1, 0.15) is 11.2 Å². The van der Waals surface area contributed by atoms with Crippen LogP contribution >= 0.6 is 0 Å². The van der Waals surface area contributed by atoms with E-state index >= 15 is 0 Å². The molecule has 1 nitrogen and oxygen atoms in total. The van der Waals surface area contributed by atoms with E-state index in [1.807, 2.05) is 279 Å². The molecule has 25 aromatic carbocycles. The van der Waals surface area contributed by atoms with Gasteiger partial charge in [-0.2, -0.15) is 0 Å². The fraction of sp³-hybridized carbons (Fsp3) is 0. The molecule has 0 saturated carbocycles. The Morgan fingerprint density at radius 3 is 0.886 bits per heavy atom. The molecular weight excluding hydrogens is 1480 g/mol. The fourth-order valence-electron chi connectivity index (χ4n) is 18.8. The van der Waals surface area contributed by atoms with Crippen LogP contribution in [0.2, 0.25) is 0 Å². The molecule has 0 fully saturated rings. The van der Waals surface area contributed by atoms with E-state index in [1.165, 1.54) is 0 Å². The van der Waals surface area contributed by atoms with Gasteiger partial charge in [0.05, 0.1) is 32.9 Å². The summed E-state index contributed by atoms with van der Waals surface area (Å²) in [7, 11) is 0. The molecule has 0 radical (unpaired) electrons. The van der Waals surface area contributed by atoms with Crippen molar-refractivity contribution in [2.24, 2.45) is 0 Å². The molecule has 0 amide bonds. The first kappa shape index (κ1) is 50.6. The van der Waals surface area contributed by atoms with Gasteiger partial charge in [0.2, 0.25) is 0 Å². The molecule has 0 spiro atoms. The quantitative estimate of drug-likeness (QED) is 0.114. The van der Waals surface area contributed by atoms with Crippen LogP contribution in [0.5, 0.6) is 0 Å². The Hall–Kier alpha value is -16.1. The van der Waals surface area contributed by atoms with Crippen molar-refractivity contribution in [2.45, 2.75) is 0 Å². The number of hydrogen-bond acceptors (Lipinski definition) is 1. The van der Waals surface area contributed by atoms with E-state index in [9.17, 15) is 11.0 Å². The van der Waals surface area contributed by atoms with Gasteiger partial charge in [-0.1, -0.05) is 424 Å². The average molecular weight is 1580 g/mol. The second-order valence-electron chi connectivity index (χ2n) is 30.8. The molecule has 0 bridgehead atoms. The highest BCUT2D eigenvalue weighted by Crippen LogP contribution is 2.52. The van der Waals surface area contributed by atoms with Gasteiger partial charge in [-0.25, -0.2) is 0 Å². The summed E-state index contributed by atoms with van der Waals surface area (Å²) in [4.78, 5) is 0. The standard InChI is InChI=1S/C50H30O.C38H24.C34H22/c1-3-15-35-31(12-1)14-11-23-38(35)48-42-21-9-7-19-40(42)47(41-20-8-10-22-43(41)48)34-26-24-33(25-27-34)44-30-46-50(39-18-6-5-17-37(39)44)49-36-16-4-2-13-32(36)28-29-45(49)51-46;1-2-12-26-23-28(22-21-25(26)11-1)37-32-17-7-9-19-34(32)38(35-20-10-8-18-33(35)37)36-24-27-13-3-4-14-29(27)30-15-5-6-16-31(30)36;1-3-11-25-21-27(19-17-23(25)9-1)33-29-13-5-7-15-31(29)34(32-16-8-6-14-30(32)33)28-20-18-24-10-2-4-12-26(24)22-28/h1-30H;1-24H;1-22H/i7D,8D,9D,10D,19D,20D,21D,22D;7D,8D,9D,10D,17D,18D,19D,20D;5D,6D,7D,8D,13D,14D,15D,16D. The van der Waals surface area contributed by atoms with Crippen molar-refractivity contribution in [3.8, 4) is 77.9 Å². The van der Waals surface area contributed by atoms with Crippen molar-refractivity contribution in [3.63, 3.8) is 0 Å². The third-order valence-corrected chi connectivity index (χ3v) is 24.2. The Balaban J connectivity index is 0.000000120. The first-order valence-corrected chi connectivity index (χ1v) is 40.6. The van der Waals surface area contributed by atoms with Crippen LogP contribution in [0, 0.1) is 0 Å². The minimum absolute atomic E-state index is 0.186. The summed E-state index contributed by atoms with van der Waals surface area (Å²) >= 11 is 0. The van der Waals surface area contributed by atoms with Gasteiger partial charge in [-0.15, -0.1) is 0 Å². The van der Waals surface area contributed by atoms with E-state index < -0.39 is 72.5 Å². The third-order valence-electron chi connectivity index (χ3n) is 24.2. The summed E-state index contributed by atoms with van der Waals surface area (Å²) in [6.45, 7) is 0. The Morgan fingerprint density at radius 2 is 0.439 bits per heavy atom. The summed E-state index contributed by atoms with van der Waals surface area (Å²) in [5.41, 5.74) is 9.02. The van der Waals surface area contributed by atoms with Crippen molar-refractivity contribution >= 4 is 173 Å². The number of rotatable bonds is 7.